The molecule has 98 valence electrons. The van der Waals surface area contributed by atoms with Gasteiger partial charge in [0.2, 0.25) is 0 Å². The van der Waals surface area contributed by atoms with Gasteiger partial charge in [-0.05, 0) is 18.9 Å². The fourth-order valence-corrected chi connectivity index (χ4v) is 2.07. The molecule has 0 spiro atoms. The van der Waals surface area contributed by atoms with Crippen LogP contribution in [0, 0.1) is 0 Å². The summed E-state index contributed by atoms with van der Waals surface area (Å²) in [5.74, 6) is -0.238. The first-order valence-corrected chi connectivity index (χ1v) is 6.58. The zero-order valence-electron chi connectivity index (χ0n) is 11.0. The van der Waals surface area contributed by atoms with Gasteiger partial charge in [0.05, 0.1) is 6.61 Å². The van der Waals surface area contributed by atoms with Crippen molar-refractivity contribution in [3.05, 3.63) is 35.9 Å². The third-order valence-electron chi connectivity index (χ3n) is 3.36. The number of carbonyl (C=O) groups excluding carboxylic acids is 1. The van der Waals surface area contributed by atoms with E-state index in [1.165, 1.54) is 0 Å². The number of rotatable bonds is 6. The highest BCUT2D eigenvalue weighted by Gasteiger charge is 2.59. The molecule has 1 fully saturated rings. The van der Waals surface area contributed by atoms with Gasteiger partial charge in [0, 0.05) is 0 Å². The molecule has 3 nitrogen and oxygen atoms in total. The molecule has 1 heterocycles. The van der Waals surface area contributed by atoms with Crippen molar-refractivity contribution in [3.8, 4) is 0 Å². The highest BCUT2D eigenvalue weighted by Crippen LogP contribution is 2.46. The van der Waals surface area contributed by atoms with Crippen LogP contribution in [0.4, 0.5) is 0 Å². The molecule has 0 N–H and O–H groups in total. The summed E-state index contributed by atoms with van der Waals surface area (Å²) in [7, 11) is 0. The van der Waals surface area contributed by atoms with Gasteiger partial charge in [0.1, 0.15) is 5.60 Å². The van der Waals surface area contributed by atoms with Crippen molar-refractivity contribution < 1.29 is 14.3 Å². The maximum Gasteiger partial charge on any atom is 0.338 e. The fourth-order valence-electron chi connectivity index (χ4n) is 2.07. The largest absolute Gasteiger partial charge is 0.464 e. The molecule has 0 bridgehead atoms. The smallest absolute Gasteiger partial charge is 0.338 e. The lowest BCUT2D eigenvalue weighted by molar-refractivity contribution is -0.145. The highest BCUT2D eigenvalue weighted by atomic mass is 16.7. The molecule has 0 unspecified atom stereocenters. The summed E-state index contributed by atoms with van der Waals surface area (Å²) in [6.07, 6.45) is 2.70. The van der Waals surface area contributed by atoms with Crippen molar-refractivity contribution in [2.45, 2.75) is 44.8 Å². The summed E-state index contributed by atoms with van der Waals surface area (Å²) < 4.78 is 10.8. The van der Waals surface area contributed by atoms with Gasteiger partial charge in [-0.25, -0.2) is 4.79 Å². The van der Waals surface area contributed by atoms with E-state index in [4.69, 9.17) is 9.47 Å². The van der Waals surface area contributed by atoms with E-state index >= 15 is 0 Å². The van der Waals surface area contributed by atoms with E-state index in [9.17, 15) is 4.79 Å². The van der Waals surface area contributed by atoms with Crippen molar-refractivity contribution in [3.63, 3.8) is 0 Å². The van der Waals surface area contributed by atoms with Gasteiger partial charge in [-0.1, -0.05) is 50.1 Å². The van der Waals surface area contributed by atoms with Crippen LogP contribution in [0.25, 0.3) is 0 Å². The van der Waals surface area contributed by atoms with Gasteiger partial charge in [0.25, 0.3) is 0 Å². The Kier molecular flexibility index (Phi) is 4.02. The van der Waals surface area contributed by atoms with Crippen LogP contribution in [0.3, 0.4) is 0 Å². The summed E-state index contributed by atoms with van der Waals surface area (Å²) >= 11 is 0. The van der Waals surface area contributed by atoms with E-state index in [0.29, 0.717) is 6.61 Å². The first kappa shape index (κ1) is 13.1. The summed E-state index contributed by atoms with van der Waals surface area (Å²) in [5.41, 5.74) is 0.531. The molecule has 2 rings (SSSR count). The molecule has 0 saturated carbocycles. The van der Waals surface area contributed by atoms with Crippen molar-refractivity contribution in [2.75, 3.05) is 6.61 Å². The Morgan fingerprint density at radius 2 is 2.06 bits per heavy atom. The predicted octanol–water partition coefficient (Wildman–Crippen LogP) is 3.03. The number of epoxide rings is 1. The molecule has 1 aliphatic heterocycles. The quantitative estimate of drug-likeness (QED) is 0.441. The molecular weight excluding hydrogens is 228 g/mol. The normalized spacial score (nSPS) is 25.8. The lowest BCUT2D eigenvalue weighted by Crippen LogP contribution is -2.19. The van der Waals surface area contributed by atoms with Crippen LogP contribution in [-0.4, -0.2) is 18.7 Å². The van der Waals surface area contributed by atoms with E-state index in [0.717, 1.165) is 24.8 Å². The standard InChI is InChI=1S/C15H20O3/c1-3-4-8-11-17-14(16)13-15(2,18-13)12-9-6-5-7-10-12/h5-7,9-10,13H,3-4,8,11H2,1-2H3/t13-,15+/m0/s1. The van der Waals surface area contributed by atoms with Crippen LogP contribution in [0.5, 0.6) is 0 Å². The van der Waals surface area contributed by atoms with Crippen LogP contribution < -0.4 is 0 Å². The van der Waals surface area contributed by atoms with Crippen molar-refractivity contribution >= 4 is 5.97 Å². The molecular formula is C15H20O3. The number of hydrogen-bond donors (Lipinski definition) is 0. The third kappa shape index (κ3) is 2.72. The van der Waals surface area contributed by atoms with Gasteiger partial charge in [-0.2, -0.15) is 0 Å². The molecule has 1 saturated heterocycles. The summed E-state index contributed by atoms with van der Waals surface area (Å²) in [5, 5.41) is 0. The Balaban J connectivity index is 1.84. The summed E-state index contributed by atoms with van der Waals surface area (Å²) in [6.45, 7) is 4.55. The second kappa shape index (κ2) is 5.53. The molecule has 0 aliphatic carbocycles. The highest BCUT2D eigenvalue weighted by molar-refractivity contribution is 5.79. The van der Waals surface area contributed by atoms with Crippen molar-refractivity contribution in [1.29, 1.82) is 0 Å². The van der Waals surface area contributed by atoms with Gasteiger partial charge in [0.15, 0.2) is 6.10 Å². The van der Waals surface area contributed by atoms with Crippen LogP contribution in [0.1, 0.15) is 38.7 Å². The maximum atomic E-state index is 11.8. The molecule has 0 radical (unpaired) electrons. The Morgan fingerprint density at radius 3 is 2.72 bits per heavy atom. The minimum atomic E-state index is -0.497. The van der Waals surface area contributed by atoms with Gasteiger partial charge >= 0.3 is 5.97 Å². The molecule has 0 aromatic heterocycles. The number of benzene rings is 1. The second-order valence-corrected chi connectivity index (χ2v) is 4.85. The van der Waals surface area contributed by atoms with E-state index < -0.39 is 11.7 Å². The Hall–Kier alpha value is -1.35. The SMILES string of the molecule is CCCCCOC(=O)[C@@H]1O[C@]1(C)c1ccccc1. The van der Waals surface area contributed by atoms with Crippen LogP contribution in [-0.2, 0) is 19.9 Å². The van der Waals surface area contributed by atoms with Crippen LogP contribution >= 0.6 is 0 Å². The maximum absolute atomic E-state index is 11.8. The third-order valence-corrected chi connectivity index (χ3v) is 3.36. The average Bonchev–Trinajstić information content (AvgIpc) is 3.10. The number of esters is 1. The molecule has 3 heteroatoms. The van der Waals surface area contributed by atoms with E-state index in [-0.39, 0.29) is 5.97 Å². The van der Waals surface area contributed by atoms with Gasteiger partial charge in [-0.15, -0.1) is 0 Å². The van der Waals surface area contributed by atoms with E-state index in [1.807, 2.05) is 37.3 Å². The van der Waals surface area contributed by atoms with Gasteiger partial charge < -0.3 is 9.47 Å². The molecule has 1 aliphatic rings. The Bertz CT molecular complexity index is 401. The molecule has 2 atom stereocenters. The first-order valence-electron chi connectivity index (χ1n) is 6.58. The summed E-state index contributed by atoms with van der Waals surface area (Å²) in [4.78, 5) is 11.8. The van der Waals surface area contributed by atoms with Gasteiger partial charge in [-0.3, -0.25) is 0 Å². The molecule has 1 aromatic rings. The predicted molar refractivity (Wildman–Crippen MR) is 69.2 cm³/mol. The number of ether oxygens (including phenoxy) is 2. The fraction of sp³-hybridized carbons (Fsp3) is 0.533. The Labute approximate surface area is 108 Å². The van der Waals surface area contributed by atoms with E-state index in [1.54, 1.807) is 0 Å². The van der Waals surface area contributed by atoms with E-state index in [2.05, 4.69) is 6.92 Å². The zero-order chi connectivity index (χ0) is 13.0. The monoisotopic (exact) mass is 248 g/mol. The second-order valence-electron chi connectivity index (χ2n) is 4.85. The van der Waals surface area contributed by atoms with Crippen molar-refractivity contribution in [1.82, 2.24) is 0 Å². The zero-order valence-corrected chi connectivity index (χ0v) is 11.0. The number of carbonyl (C=O) groups is 1. The summed E-state index contributed by atoms with van der Waals surface area (Å²) in [6, 6.07) is 9.81. The van der Waals surface area contributed by atoms with Crippen molar-refractivity contribution in [2.24, 2.45) is 0 Å². The first-order chi connectivity index (χ1) is 8.68. The lowest BCUT2D eigenvalue weighted by Gasteiger charge is -2.06. The Morgan fingerprint density at radius 1 is 1.33 bits per heavy atom. The number of hydrogen-bond acceptors (Lipinski definition) is 3. The minimum Gasteiger partial charge on any atom is -0.464 e. The van der Waals surface area contributed by atoms with Crippen LogP contribution in [0.2, 0.25) is 0 Å². The molecule has 0 amide bonds. The number of unbranched alkanes of at least 4 members (excludes halogenated alkanes) is 2. The van der Waals surface area contributed by atoms with Crippen LogP contribution in [0.15, 0.2) is 30.3 Å². The minimum absolute atomic E-state index is 0.238. The average molecular weight is 248 g/mol. The molecule has 1 aromatic carbocycles. The lowest BCUT2D eigenvalue weighted by atomic mass is 9.97. The molecule has 18 heavy (non-hydrogen) atoms. The topological polar surface area (TPSA) is 38.8 Å².